The number of pyridine rings is 2. The predicted molar refractivity (Wildman–Crippen MR) is 109 cm³/mol. The fourth-order valence-electron chi connectivity index (χ4n) is 4.59. The zero-order chi connectivity index (χ0) is 23.2. The van der Waals surface area contributed by atoms with Crippen LogP contribution in [-0.2, 0) is 6.18 Å². The number of nitrogens with one attached hydrogen (secondary N) is 1. The van der Waals surface area contributed by atoms with Crippen LogP contribution < -0.4 is 5.32 Å². The first-order valence-corrected chi connectivity index (χ1v) is 10.3. The Morgan fingerprint density at radius 2 is 1.82 bits per heavy atom. The maximum Gasteiger partial charge on any atom is 0.417 e. The van der Waals surface area contributed by atoms with Gasteiger partial charge in [-0.05, 0) is 43.0 Å². The molecule has 3 atom stereocenters. The topological polar surface area (TPSA) is 83.9 Å². The molecule has 0 radical (unpaired) electrons. The Bertz CT molecular complexity index is 1170. The molecule has 2 bridgehead atoms. The van der Waals surface area contributed by atoms with Crippen molar-refractivity contribution in [3.63, 3.8) is 0 Å². The number of halogens is 4. The molecule has 170 valence electrons. The molecule has 1 aliphatic carbocycles. The molecule has 1 aliphatic heterocycles. The van der Waals surface area contributed by atoms with E-state index in [-0.39, 0.29) is 35.4 Å². The van der Waals surface area contributed by atoms with E-state index in [9.17, 15) is 22.4 Å². The maximum atomic E-state index is 13.4. The van der Waals surface area contributed by atoms with Gasteiger partial charge in [-0.15, -0.1) is 0 Å². The summed E-state index contributed by atoms with van der Waals surface area (Å²) in [6, 6.07) is 5.28. The first-order valence-electron chi connectivity index (χ1n) is 10.3. The number of carbonyl (C=O) groups is 1. The number of alkyl halides is 3. The van der Waals surface area contributed by atoms with Gasteiger partial charge in [0, 0.05) is 25.0 Å². The average molecular weight is 458 g/mol. The van der Waals surface area contributed by atoms with E-state index in [2.05, 4.69) is 25.3 Å². The number of fused-ring (bicyclic) bond motifs is 2. The lowest BCUT2D eigenvalue weighted by atomic mass is 10.0. The monoisotopic (exact) mass is 458 g/mol. The molecule has 1 saturated carbocycles. The highest BCUT2D eigenvalue weighted by Gasteiger charge is 2.47. The molecule has 0 aromatic carbocycles. The van der Waals surface area contributed by atoms with Gasteiger partial charge in [0.25, 0.3) is 5.91 Å². The summed E-state index contributed by atoms with van der Waals surface area (Å²) in [5.74, 6) is -0.0942. The summed E-state index contributed by atoms with van der Waals surface area (Å²) in [6.45, 7) is 0.558. The molecule has 7 nitrogen and oxygen atoms in total. The fraction of sp³-hybridized carbons (Fsp3) is 0.318. The van der Waals surface area contributed by atoms with Gasteiger partial charge < -0.3 is 10.2 Å². The molecule has 3 aromatic heterocycles. The van der Waals surface area contributed by atoms with Crippen LogP contribution in [0.15, 0.2) is 49.1 Å². The lowest BCUT2D eigenvalue weighted by Crippen LogP contribution is -2.48. The summed E-state index contributed by atoms with van der Waals surface area (Å²) in [5.41, 5.74) is -0.245. The third-order valence-corrected chi connectivity index (χ3v) is 6.04. The highest BCUT2D eigenvalue weighted by molar-refractivity contribution is 5.98. The first kappa shape index (κ1) is 21.2. The minimum Gasteiger partial charge on any atom is -0.365 e. The molecule has 2 aliphatic rings. The van der Waals surface area contributed by atoms with E-state index in [1.165, 1.54) is 12.3 Å². The molecule has 0 unspecified atom stereocenters. The van der Waals surface area contributed by atoms with Crippen LogP contribution in [0.1, 0.15) is 28.9 Å². The van der Waals surface area contributed by atoms with E-state index < -0.39 is 17.6 Å². The van der Waals surface area contributed by atoms with Crippen molar-refractivity contribution in [1.29, 1.82) is 0 Å². The summed E-state index contributed by atoms with van der Waals surface area (Å²) in [5, 5.41) is 3.18. The fourth-order valence-corrected chi connectivity index (χ4v) is 4.59. The second-order valence-electron chi connectivity index (χ2n) is 8.17. The molecule has 1 saturated heterocycles. The Balaban J connectivity index is 1.35. The summed E-state index contributed by atoms with van der Waals surface area (Å²) in [7, 11) is 0. The molecule has 33 heavy (non-hydrogen) atoms. The van der Waals surface area contributed by atoms with Crippen LogP contribution in [0.5, 0.6) is 0 Å². The Morgan fingerprint density at radius 1 is 1.03 bits per heavy atom. The van der Waals surface area contributed by atoms with Gasteiger partial charge >= 0.3 is 6.18 Å². The van der Waals surface area contributed by atoms with Crippen LogP contribution in [-0.4, -0.2) is 49.4 Å². The normalized spacial score (nSPS) is 21.9. The van der Waals surface area contributed by atoms with E-state index in [4.69, 9.17) is 0 Å². The van der Waals surface area contributed by atoms with E-state index in [1.807, 2.05) is 0 Å². The molecule has 1 N–H and O–H groups in total. The standard InChI is InChI=1S/C22H18F4N6O/c23-14-9-29-20(30-10-14)15-2-1-5-27-19(15)21(33)32-11-12-6-16(17(32)7-12)31-18-4-3-13(8-28-18)22(24,25)26/h1-5,8-10,12,16-17H,6-7,11H2,(H,28,31)/t12-,16-,17+/m1/s1. The van der Waals surface area contributed by atoms with Gasteiger partial charge in [0.05, 0.1) is 29.6 Å². The number of hydrogen-bond donors (Lipinski definition) is 1. The van der Waals surface area contributed by atoms with Crippen molar-refractivity contribution < 1.29 is 22.4 Å². The van der Waals surface area contributed by atoms with E-state index in [1.54, 1.807) is 17.0 Å². The Hall–Kier alpha value is -3.63. The Kier molecular flexibility index (Phi) is 5.18. The van der Waals surface area contributed by atoms with Crippen LogP contribution in [0.4, 0.5) is 23.4 Å². The van der Waals surface area contributed by atoms with E-state index in [0.29, 0.717) is 17.9 Å². The zero-order valence-electron chi connectivity index (χ0n) is 17.1. The second-order valence-corrected chi connectivity index (χ2v) is 8.17. The molecule has 3 aromatic rings. The van der Waals surface area contributed by atoms with Crippen LogP contribution >= 0.6 is 0 Å². The molecular weight excluding hydrogens is 440 g/mol. The molecule has 4 heterocycles. The molecule has 1 amide bonds. The highest BCUT2D eigenvalue weighted by atomic mass is 19.4. The molecular formula is C22H18F4N6O. The van der Waals surface area contributed by atoms with Crippen LogP contribution in [0.25, 0.3) is 11.4 Å². The van der Waals surface area contributed by atoms with Gasteiger partial charge in [0.15, 0.2) is 11.6 Å². The predicted octanol–water partition coefficient (Wildman–Crippen LogP) is 3.81. The van der Waals surface area contributed by atoms with Crippen molar-refractivity contribution in [2.24, 2.45) is 5.92 Å². The highest BCUT2D eigenvalue weighted by Crippen LogP contribution is 2.40. The van der Waals surface area contributed by atoms with Crippen molar-refractivity contribution in [2.45, 2.75) is 31.1 Å². The van der Waals surface area contributed by atoms with Gasteiger partial charge in [-0.2, -0.15) is 13.2 Å². The van der Waals surface area contributed by atoms with Crippen LogP contribution in [0.3, 0.4) is 0 Å². The smallest absolute Gasteiger partial charge is 0.365 e. The minimum absolute atomic E-state index is 0.147. The number of amides is 1. The number of nitrogens with zero attached hydrogens (tertiary/aromatic N) is 5. The lowest BCUT2D eigenvalue weighted by molar-refractivity contribution is -0.137. The van der Waals surface area contributed by atoms with Gasteiger partial charge in [0.2, 0.25) is 0 Å². The van der Waals surface area contributed by atoms with Crippen LogP contribution in [0, 0.1) is 11.7 Å². The minimum atomic E-state index is -4.45. The van der Waals surface area contributed by atoms with E-state index in [0.717, 1.165) is 37.5 Å². The Labute approximate surface area is 185 Å². The van der Waals surface area contributed by atoms with E-state index >= 15 is 0 Å². The van der Waals surface area contributed by atoms with Gasteiger partial charge in [-0.3, -0.25) is 9.78 Å². The average Bonchev–Trinajstić information content (AvgIpc) is 3.40. The summed E-state index contributed by atoms with van der Waals surface area (Å²) in [6.07, 6.45) is 1.46. The third-order valence-electron chi connectivity index (χ3n) is 6.04. The third kappa shape index (κ3) is 4.10. The van der Waals surface area contributed by atoms with Crippen molar-refractivity contribution in [3.8, 4) is 11.4 Å². The lowest BCUT2D eigenvalue weighted by Gasteiger charge is -2.34. The first-order chi connectivity index (χ1) is 15.8. The number of carbonyl (C=O) groups excluding carboxylic acids is 1. The SMILES string of the molecule is O=C(c1ncccc1-c1ncc(F)cn1)N1C[C@@H]2C[C@@H](Nc3ccc(C(F)(F)F)cn3)[C@@H]1C2. The molecule has 11 heteroatoms. The van der Waals surface area contributed by atoms with Crippen molar-refractivity contribution in [3.05, 3.63) is 66.1 Å². The Morgan fingerprint density at radius 3 is 2.48 bits per heavy atom. The molecule has 5 rings (SSSR count). The van der Waals surface area contributed by atoms with Gasteiger partial charge in [-0.1, -0.05) is 0 Å². The summed E-state index contributed by atoms with van der Waals surface area (Å²) in [4.78, 5) is 31.2. The van der Waals surface area contributed by atoms with Crippen molar-refractivity contribution in [2.75, 3.05) is 11.9 Å². The van der Waals surface area contributed by atoms with Gasteiger partial charge in [0.1, 0.15) is 11.5 Å². The van der Waals surface area contributed by atoms with Crippen molar-refractivity contribution >= 4 is 11.7 Å². The summed E-state index contributed by atoms with van der Waals surface area (Å²) >= 11 is 0. The molecule has 0 spiro atoms. The second kappa shape index (κ2) is 8.05. The van der Waals surface area contributed by atoms with Gasteiger partial charge in [-0.25, -0.2) is 19.3 Å². The number of anilines is 1. The number of likely N-dealkylation sites (tertiary alicyclic amines) is 1. The van der Waals surface area contributed by atoms with Crippen LogP contribution in [0.2, 0.25) is 0 Å². The number of aromatic nitrogens is 4. The van der Waals surface area contributed by atoms with Crippen molar-refractivity contribution in [1.82, 2.24) is 24.8 Å². The quantitative estimate of drug-likeness (QED) is 0.599. The maximum absolute atomic E-state index is 13.4. The number of hydrogen-bond acceptors (Lipinski definition) is 6. The largest absolute Gasteiger partial charge is 0.417 e. The molecule has 2 fully saturated rings. The zero-order valence-corrected chi connectivity index (χ0v) is 17.1. The number of piperidine rings is 1. The number of rotatable bonds is 4. The summed E-state index contributed by atoms with van der Waals surface area (Å²) < 4.78 is 51.6.